The topological polar surface area (TPSA) is 95.5 Å². The fourth-order valence-corrected chi connectivity index (χ4v) is 1.18. The maximum Gasteiger partial charge on any atom is 0.359 e. The van der Waals surface area contributed by atoms with Crippen molar-refractivity contribution in [2.75, 3.05) is 13.2 Å². The van der Waals surface area contributed by atoms with Crippen molar-refractivity contribution < 1.29 is 23.9 Å². The zero-order valence-electron chi connectivity index (χ0n) is 10.0. The molecule has 1 aromatic rings. The highest BCUT2D eigenvalue weighted by Gasteiger charge is 2.22. The van der Waals surface area contributed by atoms with Gasteiger partial charge in [-0.1, -0.05) is 0 Å². The lowest BCUT2D eigenvalue weighted by atomic mass is 10.2. The predicted molar refractivity (Wildman–Crippen MR) is 59.3 cm³/mol. The molecule has 0 fully saturated rings. The van der Waals surface area contributed by atoms with Crippen LogP contribution in [0.2, 0.25) is 0 Å². The predicted octanol–water partition coefficient (Wildman–Crippen LogP) is 0.643. The second-order valence-electron chi connectivity index (χ2n) is 3.09. The highest BCUT2D eigenvalue weighted by molar-refractivity contribution is 6.02. The van der Waals surface area contributed by atoms with Gasteiger partial charge in [-0.3, -0.25) is 4.79 Å². The Hall–Kier alpha value is -2.31. The normalized spacial score (nSPS) is 9.67. The largest absolute Gasteiger partial charge is 0.462 e. The first-order valence-corrected chi connectivity index (χ1v) is 5.31. The van der Waals surface area contributed by atoms with E-state index >= 15 is 0 Å². The van der Waals surface area contributed by atoms with E-state index in [2.05, 4.69) is 10.2 Å². The maximum atomic E-state index is 11.6. The smallest absolute Gasteiger partial charge is 0.359 e. The standard InChI is InChI=1S/C11H12N2O5/c1-3-17-10(15)8-5-7(6-14)12-13-9(8)11(16)18-4-2/h5-6H,3-4H2,1-2H3. The van der Waals surface area contributed by atoms with Gasteiger partial charge in [0, 0.05) is 0 Å². The third-order valence-corrected chi connectivity index (χ3v) is 1.90. The first kappa shape index (κ1) is 13.8. The molecule has 1 aromatic heterocycles. The molecular formula is C11H12N2O5. The molecule has 0 aliphatic carbocycles. The fourth-order valence-electron chi connectivity index (χ4n) is 1.18. The molecule has 0 bridgehead atoms. The number of hydrogen-bond donors (Lipinski definition) is 0. The van der Waals surface area contributed by atoms with Crippen LogP contribution in [-0.2, 0) is 9.47 Å². The number of hydrogen-bond acceptors (Lipinski definition) is 7. The third-order valence-electron chi connectivity index (χ3n) is 1.90. The van der Waals surface area contributed by atoms with Crippen LogP contribution >= 0.6 is 0 Å². The van der Waals surface area contributed by atoms with E-state index in [1.54, 1.807) is 13.8 Å². The van der Waals surface area contributed by atoms with Gasteiger partial charge in [-0.25, -0.2) is 9.59 Å². The zero-order valence-corrected chi connectivity index (χ0v) is 10.0. The number of carbonyl (C=O) groups is 3. The molecular weight excluding hydrogens is 240 g/mol. The monoisotopic (exact) mass is 252 g/mol. The van der Waals surface area contributed by atoms with E-state index in [1.165, 1.54) is 0 Å². The van der Waals surface area contributed by atoms with Crippen LogP contribution in [0.1, 0.15) is 45.2 Å². The van der Waals surface area contributed by atoms with E-state index in [0.29, 0.717) is 6.29 Å². The first-order chi connectivity index (χ1) is 8.63. The van der Waals surface area contributed by atoms with Crippen molar-refractivity contribution in [3.8, 4) is 0 Å². The number of nitrogens with zero attached hydrogens (tertiary/aromatic N) is 2. The van der Waals surface area contributed by atoms with Gasteiger partial charge in [-0.15, -0.1) is 10.2 Å². The molecule has 96 valence electrons. The van der Waals surface area contributed by atoms with Crippen molar-refractivity contribution in [2.45, 2.75) is 13.8 Å². The molecule has 7 nitrogen and oxygen atoms in total. The highest BCUT2D eigenvalue weighted by atomic mass is 16.5. The summed E-state index contributed by atoms with van der Waals surface area (Å²) in [6, 6.07) is 1.14. The molecule has 0 saturated heterocycles. The van der Waals surface area contributed by atoms with E-state index < -0.39 is 11.9 Å². The first-order valence-electron chi connectivity index (χ1n) is 5.31. The lowest BCUT2D eigenvalue weighted by Gasteiger charge is -2.06. The van der Waals surface area contributed by atoms with Crippen LogP contribution in [0, 0.1) is 0 Å². The Morgan fingerprint density at radius 3 is 2.33 bits per heavy atom. The van der Waals surface area contributed by atoms with Crippen LogP contribution in [0.25, 0.3) is 0 Å². The van der Waals surface area contributed by atoms with Crippen LogP contribution in [0.5, 0.6) is 0 Å². The van der Waals surface area contributed by atoms with Gasteiger partial charge >= 0.3 is 11.9 Å². The van der Waals surface area contributed by atoms with Gasteiger partial charge < -0.3 is 9.47 Å². The van der Waals surface area contributed by atoms with Crippen molar-refractivity contribution in [2.24, 2.45) is 0 Å². The number of aromatic nitrogens is 2. The summed E-state index contributed by atoms with van der Waals surface area (Å²) >= 11 is 0. The molecule has 1 rings (SSSR count). The molecule has 7 heteroatoms. The molecule has 0 amide bonds. The van der Waals surface area contributed by atoms with Crippen LogP contribution < -0.4 is 0 Å². The fraction of sp³-hybridized carbons (Fsp3) is 0.364. The van der Waals surface area contributed by atoms with Gasteiger partial charge in [0.25, 0.3) is 0 Å². The molecule has 0 aromatic carbocycles. The Balaban J connectivity index is 3.19. The van der Waals surface area contributed by atoms with E-state index in [9.17, 15) is 14.4 Å². The maximum absolute atomic E-state index is 11.6. The van der Waals surface area contributed by atoms with Crippen molar-refractivity contribution in [3.63, 3.8) is 0 Å². The number of rotatable bonds is 5. The van der Waals surface area contributed by atoms with Crippen LogP contribution in [0.3, 0.4) is 0 Å². The Morgan fingerprint density at radius 2 is 1.78 bits per heavy atom. The molecule has 0 unspecified atom stereocenters. The molecule has 0 radical (unpaired) electrons. The summed E-state index contributed by atoms with van der Waals surface area (Å²) in [6.07, 6.45) is 0.421. The van der Waals surface area contributed by atoms with Crippen molar-refractivity contribution in [1.29, 1.82) is 0 Å². The molecule has 0 saturated carbocycles. The van der Waals surface area contributed by atoms with Gasteiger partial charge in [0.05, 0.1) is 18.8 Å². The average molecular weight is 252 g/mol. The quantitative estimate of drug-likeness (QED) is 0.560. The Kier molecular flexibility index (Phi) is 4.91. The second kappa shape index (κ2) is 6.43. The van der Waals surface area contributed by atoms with Gasteiger partial charge in [0.2, 0.25) is 0 Å². The Bertz CT molecular complexity index is 473. The van der Waals surface area contributed by atoms with Crippen molar-refractivity contribution in [1.82, 2.24) is 10.2 Å². The molecule has 18 heavy (non-hydrogen) atoms. The molecule has 1 heterocycles. The van der Waals surface area contributed by atoms with Crippen molar-refractivity contribution >= 4 is 18.2 Å². The lowest BCUT2D eigenvalue weighted by Crippen LogP contribution is -2.17. The number of carbonyl (C=O) groups excluding carboxylic acids is 3. The molecule has 0 atom stereocenters. The second-order valence-corrected chi connectivity index (χ2v) is 3.09. The summed E-state index contributed by atoms with van der Waals surface area (Å²) in [7, 11) is 0. The molecule has 0 N–H and O–H groups in total. The zero-order chi connectivity index (χ0) is 13.5. The number of aldehydes is 1. The summed E-state index contributed by atoms with van der Waals surface area (Å²) in [5.74, 6) is -1.54. The van der Waals surface area contributed by atoms with E-state index in [0.717, 1.165) is 6.07 Å². The van der Waals surface area contributed by atoms with Gasteiger partial charge in [-0.05, 0) is 19.9 Å². The number of esters is 2. The summed E-state index contributed by atoms with van der Waals surface area (Å²) in [4.78, 5) is 33.8. The molecule has 0 spiro atoms. The summed E-state index contributed by atoms with van der Waals surface area (Å²) in [5.41, 5.74) is -0.459. The van der Waals surface area contributed by atoms with Crippen LogP contribution in [0.4, 0.5) is 0 Å². The third kappa shape index (κ3) is 3.09. The minimum Gasteiger partial charge on any atom is -0.462 e. The van der Waals surface area contributed by atoms with Gasteiger partial charge in [0.15, 0.2) is 12.0 Å². The Morgan fingerprint density at radius 1 is 1.17 bits per heavy atom. The molecule has 0 aliphatic rings. The molecule has 0 aliphatic heterocycles. The minimum atomic E-state index is -0.787. The van der Waals surface area contributed by atoms with Gasteiger partial charge in [0.1, 0.15) is 5.69 Å². The summed E-state index contributed by atoms with van der Waals surface area (Å²) < 4.78 is 9.50. The van der Waals surface area contributed by atoms with Crippen LogP contribution in [-0.4, -0.2) is 41.6 Å². The highest BCUT2D eigenvalue weighted by Crippen LogP contribution is 2.10. The SMILES string of the molecule is CCOC(=O)c1cc(C=O)nnc1C(=O)OCC. The average Bonchev–Trinajstić information content (AvgIpc) is 2.38. The summed E-state index contributed by atoms with van der Waals surface area (Å²) in [5, 5.41) is 6.99. The summed E-state index contributed by atoms with van der Waals surface area (Å²) in [6.45, 7) is 3.52. The minimum absolute atomic E-state index is 0.0638. The number of ether oxygens (including phenoxy) is 2. The van der Waals surface area contributed by atoms with E-state index in [1.807, 2.05) is 0 Å². The van der Waals surface area contributed by atoms with E-state index in [-0.39, 0.29) is 30.2 Å². The van der Waals surface area contributed by atoms with Gasteiger partial charge in [-0.2, -0.15) is 0 Å². The Labute approximate surface area is 103 Å². The van der Waals surface area contributed by atoms with Crippen molar-refractivity contribution in [3.05, 3.63) is 23.0 Å². The van der Waals surface area contributed by atoms with E-state index in [4.69, 9.17) is 9.47 Å². The van der Waals surface area contributed by atoms with Crippen LogP contribution in [0.15, 0.2) is 6.07 Å². The lowest BCUT2D eigenvalue weighted by molar-refractivity contribution is 0.0471.